The zero-order valence-corrected chi connectivity index (χ0v) is 15.8. The van der Waals surface area contributed by atoms with Crippen LogP contribution in [0.3, 0.4) is 0 Å². The Balaban J connectivity index is 2.12. The summed E-state index contributed by atoms with van der Waals surface area (Å²) in [4.78, 5) is 11.9. The number of carbonyl (C=O) groups is 1. The zero-order valence-electron chi connectivity index (χ0n) is 14.2. The summed E-state index contributed by atoms with van der Waals surface area (Å²) in [5.41, 5.74) is -0.0317. The SMILES string of the molecule is C[C@H](NS(=O)(=O)c1nnc(NC(=O)C(C)(C)C)s1)c1ccc(F)cc1. The van der Waals surface area contributed by atoms with Crippen LogP contribution in [0, 0.1) is 11.2 Å². The standard InChI is InChI=1S/C15H19FN4O3S2/c1-9(10-5-7-11(16)8-6-10)20-25(22,23)14-19-18-13(24-14)17-12(21)15(2,3)4/h5-9,20H,1-4H3,(H,17,18,21)/t9-/m0/s1. The Morgan fingerprint density at radius 2 is 1.80 bits per heavy atom. The molecule has 1 aromatic carbocycles. The maximum Gasteiger partial charge on any atom is 0.270 e. The number of hydrogen-bond acceptors (Lipinski definition) is 6. The van der Waals surface area contributed by atoms with Crippen molar-refractivity contribution in [3.63, 3.8) is 0 Å². The van der Waals surface area contributed by atoms with Crippen LogP contribution in [-0.2, 0) is 14.8 Å². The highest BCUT2D eigenvalue weighted by Crippen LogP contribution is 2.24. The van der Waals surface area contributed by atoms with Gasteiger partial charge < -0.3 is 5.32 Å². The van der Waals surface area contributed by atoms with Gasteiger partial charge in [-0.05, 0) is 24.6 Å². The zero-order chi connectivity index (χ0) is 18.8. The summed E-state index contributed by atoms with van der Waals surface area (Å²) >= 11 is 0.759. The molecule has 2 aromatic rings. The van der Waals surface area contributed by atoms with E-state index in [0.29, 0.717) is 5.56 Å². The smallest absolute Gasteiger partial charge is 0.270 e. The molecule has 0 unspecified atom stereocenters. The number of halogens is 1. The van der Waals surface area contributed by atoms with Crippen molar-refractivity contribution in [3.05, 3.63) is 35.6 Å². The van der Waals surface area contributed by atoms with E-state index in [0.717, 1.165) is 11.3 Å². The van der Waals surface area contributed by atoms with Gasteiger partial charge in [0.2, 0.25) is 15.4 Å². The van der Waals surface area contributed by atoms with E-state index in [1.54, 1.807) is 27.7 Å². The van der Waals surface area contributed by atoms with Crippen LogP contribution in [-0.4, -0.2) is 24.5 Å². The van der Waals surface area contributed by atoms with Gasteiger partial charge in [-0.15, -0.1) is 10.2 Å². The van der Waals surface area contributed by atoms with Crippen molar-refractivity contribution in [2.24, 2.45) is 5.41 Å². The van der Waals surface area contributed by atoms with Crippen LogP contribution in [0.15, 0.2) is 28.6 Å². The first kappa shape index (κ1) is 19.4. The van der Waals surface area contributed by atoms with E-state index in [1.807, 2.05) is 0 Å². The minimum Gasteiger partial charge on any atom is -0.300 e. The van der Waals surface area contributed by atoms with Gasteiger partial charge in [-0.2, -0.15) is 0 Å². The largest absolute Gasteiger partial charge is 0.300 e. The third-order valence-corrected chi connectivity index (χ3v) is 5.99. The molecule has 0 bridgehead atoms. The summed E-state index contributed by atoms with van der Waals surface area (Å²) in [5, 5.41) is 9.97. The molecule has 2 rings (SSSR count). The van der Waals surface area contributed by atoms with Crippen LogP contribution in [0.25, 0.3) is 0 Å². The highest BCUT2D eigenvalue weighted by molar-refractivity contribution is 7.91. The fraction of sp³-hybridized carbons (Fsp3) is 0.400. The third kappa shape index (κ3) is 5.03. The lowest BCUT2D eigenvalue weighted by Gasteiger charge is -2.15. The summed E-state index contributed by atoms with van der Waals surface area (Å²) < 4.78 is 39.9. The Kier molecular flexibility index (Phi) is 5.55. The van der Waals surface area contributed by atoms with Crippen LogP contribution < -0.4 is 10.0 Å². The van der Waals surface area contributed by atoms with E-state index in [-0.39, 0.29) is 15.4 Å². The first-order chi connectivity index (χ1) is 11.5. The Bertz CT molecular complexity index is 858. The molecule has 0 spiro atoms. The van der Waals surface area contributed by atoms with Crippen molar-refractivity contribution in [3.8, 4) is 0 Å². The van der Waals surface area contributed by atoms with Crippen LogP contribution >= 0.6 is 11.3 Å². The second-order valence-corrected chi connectivity index (χ2v) is 9.34. The second kappa shape index (κ2) is 7.14. The summed E-state index contributed by atoms with van der Waals surface area (Å²) in [6.07, 6.45) is 0. The molecule has 1 heterocycles. The summed E-state index contributed by atoms with van der Waals surface area (Å²) in [7, 11) is -3.92. The van der Waals surface area contributed by atoms with Gasteiger partial charge in [-0.25, -0.2) is 17.5 Å². The van der Waals surface area contributed by atoms with Crippen molar-refractivity contribution in [2.45, 2.75) is 38.1 Å². The second-order valence-electron chi connectivity index (χ2n) is 6.47. The molecule has 1 aromatic heterocycles. The van der Waals surface area contributed by atoms with Gasteiger partial charge in [0.25, 0.3) is 10.0 Å². The predicted molar refractivity (Wildman–Crippen MR) is 93.1 cm³/mol. The van der Waals surface area contributed by atoms with Crippen LogP contribution in [0.2, 0.25) is 0 Å². The molecule has 0 saturated heterocycles. The number of sulfonamides is 1. The molecule has 1 atom stereocenters. The van der Waals surface area contributed by atoms with Gasteiger partial charge in [-0.3, -0.25) is 4.79 Å². The van der Waals surface area contributed by atoms with Gasteiger partial charge >= 0.3 is 0 Å². The number of nitrogens with zero attached hydrogens (tertiary/aromatic N) is 2. The molecule has 0 aliphatic rings. The predicted octanol–water partition coefficient (Wildman–Crippen LogP) is 2.70. The average Bonchev–Trinajstić information content (AvgIpc) is 2.96. The molecule has 0 fully saturated rings. The van der Waals surface area contributed by atoms with Crippen molar-refractivity contribution < 1.29 is 17.6 Å². The van der Waals surface area contributed by atoms with Gasteiger partial charge in [-0.1, -0.05) is 44.2 Å². The number of hydrogen-bond donors (Lipinski definition) is 2. The van der Waals surface area contributed by atoms with Crippen LogP contribution in [0.1, 0.15) is 39.3 Å². The van der Waals surface area contributed by atoms with Crippen LogP contribution in [0.5, 0.6) is 0 Å². The molecule has 0 radical (unpaired) electrons. The molecule has 25 heavy (non-hydrogen) atoms. The van der Waals surface area contributed by atoms with E-state index in [9.17, 15) is 17.6 Å². The molecular formula is C15H19FN4O3S2. The maximum absolute atomic E-state index is 13.0. The molecular weight excluding hydrogens is 367 g/mol. The normalized spacial score (nSPS) is 13.5. The molecule has 0 saturated carbocycles. The highest BCUT2D eigenvalue weighted by Gasteiger charge is 2.26. The minimum absolute atomic E-state index is 0.106. The lowest BCUT2D eigenvalue weighted by atomic mass is 9.96. The van der Waals surface area contributed by atoms with Gasteiger partial charge in [0.1, 0.15) is 5.82 Å². The summed E-state index contributed by atoms with van der Waals surface area (Å²) in [5.74, 6) is -0.692. The number of aromatic nitrogens is 2. The first-order valence-electron chi connectivity index (χ1n) is 7.42. The molecule has 7 nitrogen and oxygen atoms in total. The summed E-state index contributed by atoms with van der Waals surface area (Å²) in [6, 6.07) is 4.92. The molecule has 0 aliphatic carbocycles. The molecule has 1 amide bonds. The van der Waals surface area contributed by atoms with E-state index >= 15 is 0 Å². The van der Waals surface area contributed by atoms with Crippen molar-refractivity contribution >= 4 is 32.4 Å². The van der Waals surface area contributed by atoms with E-state index in [4.69, 9.17) is 0 Å². The number of carbonyl (C=O) groups excluding carboxylic acids is 1. The number of anilines is 1. The lowest BCUT2D eigenvalue weighted by molar-refractivity contribution is -0.123. The minimum atomic E-state index is -3.92. The number of amides is 1. The Morgan fingerprint density at radius 3 is 2.36 bits per heavy atom. The Labute approximate surface area is 149 Å². The fourth-order valence-corrected chi connectivity index (χ4v) is 3.90. The highest BCUT2D eigenvalue weighted by atomic mass is 32.2. The Morgan fingerprint density at radius 1 is 1.20 bits per heavy atom. The van der Waals surface area contributed by atoms with Crippen molar-refractivity contribution in [1.29, 1.82) is 0 Å². The molecule has 2 N–H and O–H groups in total. The van der Waals surface area contributed by atoms with E-state index < -0.39 is 27.3 Å². The van der Waals surface area contributed by atoms with E-state index in [2.05, 4.69) is 20.2 Å². The van der Waals surface area contributed by atoms with Crippen LogP contribution in [0.4, 0.5) is 9.52 Å². The lowest BCUT2D eigenvalue weighted by Crippen LogP contribution is -2.27. The first-order valence-corrected chi connectivity index (χ1v) is 9.72. The van der Waals surface area contributed by atoms with Gasteiger partial charge in [0, 0.05) is 11.5 Å². The van der Waals surface area contributed by atoms with Crippen molar-refractivity contribution in [2.75, 3.05) is 5.32 Å². The third-order valence-electron chi connectivity index (χ3n) is 3.24. The van der Waals surface area contributed by atoms with Crippen molar-refractivity contribution in [1.82, 2.24) is 14.9 Å². The Hall–Kier alpha value is -1.91. The quantitative estimate of drug-likeness (QED) is 0.770. The fourth-order valence-electron chi connectivity index (χ4n) is 1.76. The number of nitrogens with one attached hydrogen (secondary N) is 2. The van der Waals surface area contributed by atoms with E-state index in [1.165, 1.54) is 24.3 Å². The van der Waals surface area contributed by atoms with Gasteiger partial charge in [0.15, 0.2) is 0 Å². The average molecular weight is 386 g/mol. The monoisotopic (exact) mass is 386 g/mol. The topological polar surface area (TPSA) is 101 Å². The number of rotatable bonds is 5. The molecule has 10 heteroatoms. The maximum atomic E-state index is 13.0. The molecule has 136 valence electrons. The number of benzene rings is 1. The molecule has 0 aliphatic heterocycles. The summed E-state index contributed by atoms with van der Waals surface area (Å²) in [6.45, 7) is 6.82. The van der Waals surface area contributed by atoms with Gasteiger partial charge in [0.05, 0.1) is 0 Å².